The summed E-state index contributed by atoms with van der Waals surface area (Å²) in [5, 5.41) is 10.1. The Hall–Kier alpha value is -0.920. The minimum Gasteiger partial charge on any atom is -0.477 e. The third-order valence-electron chi connectivity index (χ3n) is 2.65. The molecule has 1 rings (SSSR count). The minimum absolute atomic E-state index is 0.0176. The average molecular weight is 291 g/mol. The second-order valence-electron chi connectivity index (χ2n) is 4.33. The molecule has 5 nitrogen and oxygen atoms in total. The van der Waals surface area contributed by atoms with Gasteiger partial charge >= 0.3 is 5.97 Å². The molecule has 7 heteroatoms. The molecule has 0 saturated carbocycles. The zero-order valence-corrected chi connectivity index (χ0v) is 12.1. The number of carboxylic acid groups (broad SMARTS) is 1. The highest BCUT2D eigenvalue weighted by Gasteiger charge is 2.23. The number of sulfonamides is 1. The van der Waals surface area contributed by atoms with Crippen LogP contribution in [0.25, 0.3) is 0 Å². The van der Waals surface area contributed by atoms with E-state index in [1.54, 1.807) is 0 Å². The molecule has 0 fully saturated rings. The first-order valence-corrected chi connectivity index (χ1v) is 7.98. The van der Waals surface area contributed by atoms with Gasteiger partial charge in [0, 0.05) is 11.4 Å². The molecular formula is C11H17NO4S2. The van der Waals surface area contributed by atoms with Crippen molar-refractivity contribution >= 4 is 27.3 Å². The summed E-state index contributed by atoms with van der Waals surface area (Å²) in [6.07, 6.45) is 0.687. The summed E-state index contributed by atoms with van der Waals surface area (Å²) in [5.41, 5.74) is 0. The molecule has 1 aromatic rings. The standard InChI is InChI=1S/C11H17NO4S2/c1-4-9(7(2)3)12-18(15,16)8-5-10(11(13)14)17-6-8/h5-7,9,12H,4H2,1-3H3,(H,13,14). The Morgan fingerprint density at radius 3 is 2.50 bits per heavy atom. The maximum absolute atomic E-state index is 12.0. The van der Waals surface area contributed by atoms with Gasteiger partial charge in [0.15, 0.2) is 0 Å². The topological polar surface area (TPSA) is 83.5 Å². The molecule has 0 bridgehead atoms. The van der Waals surface area contributed by atoms with Crippen LogP contribution in [0.5, 0.6) is 0 Å². The van der Waals surface area contributed by atoms with Crippen LogP contribution < -0.4 is 4.72 Å². The van der Waals surface area contributed by atoms with Gasteiger partial charge in [-0.3, -0.25) is 0 Å². The van der Waals surface area contributed by atoms with E-state index in [0.29, 0.717) is 6.42 Å². The molecule has 2 N–H and O–H groups in total. The smallest absolute Gasteiger partial charge is 0.345 e. The van der Waals surface area contributed by atoms with Gasteiger partial charge in [0.2, 0.25) is 10.0 Å². The van der Waals surface area contributed by atoms with Crippen LogP contribution in [-0.2, 0) is 10.0 Å². The third-order valence-corrected chi connectivity index (χ3v) is 5.18. The number of hydrogen-bond acceptors (Lipinski definition) is 4. The summed E-state index contributed by atoms with van der Waals surface area (Å²) in [7, 11) is -3.63. The molecule has 0 saturated heterocycles. The van der Waals surface area contributed by atoms with Crippen molar-refractivity contribution in [2.24, 2.45) is 5.92 Å². The van der Waals surface area contributed by atoms with Gasteiger partial charge in [0.1, 0.15) is 4.88 Å². The van der Waals surface area contributed by atoms with E-state index in [9.17, 15) is 13.2 Å². The van der Waals surface area contributed by atoms with Gasteiger partial charge in [-0.1, -0.05) is 20.8 Å². The fraction of sp³-hybridized carbons (Fsp3) is 0.545. The summed E-state index contributed by atoms with van der Waals surface area (Å²) in [4.78, 5) is 10.8. The van der Waals surface area contributed by atoms with Crippen LogP contribution in [0.1, 0.15) is 36.9 Å². The lowest BCUT2D eigenvalue weighted by molar-refractivity contribution is 0.0702. The predicted octanol–water partition coefficient (Wildman–Crippen LogP) is 2.16. The van der Waals surface area contributed by atoms with E-state index >= 15 is 0 Å². The van der Waals surface area contributed by atoms with Crippen LogP contribution in [0.4, 0.5) is 0 Å². The number of aromatic carboxylic acids is 1. The largest absolute Gasteiger partial charge is 0.477 e. The fourth-order valence-corrected chi connectivity index (χ4v) is 4.11. The first kappa shape index (κ1) is 15.1. The molecule has 0 aliphatic heterocycles. The van der Waals surface area contributed by atoms with Gasteiger partial charge in [-0.15, -0.1) is 11.3 Å². The van der Waals surface area contributed by atoms with Crippen molar-refractivity contribution < 1.29 is 18.3 Å². The molecule has 1 unspecified atom stereocenters. The summed E-state index contributed by atoms with van der Waals surface area (Å²) in [6, 6.07) is 1.03. The first-order valence-electron chi connectivity index (χ1n) is 5.62. The maximum Gasteiger partial charge on any atom is 0.345 e. The van der Waals surface area contributed by atoms with Gasteiger partial charge in [0.25, 0.3) is 0 Å². The van der Waals surface area contributed by atoms with Gasteiger partial charge in [0.05, 0.1) is 4.90 Å². The van der Waals surface area contributed by atoms with Crippen molar-refractivity contribution in [1.82, 2.24) is 4.72 Å². The van der Waals surface area contributed by atoms with E-state index in [0.717, 1.165) is 11.3 Å². The Morgan fingerprint density at radius 2 is 2.11 bits per heavy atom. The maximum atomic E-state index is 12.0. The fourth-order valence-electron chi connectivity index (χ4n) is 1.53. The van der Waals surface area contributed by atoms with E-state index in [4.69, 9.17) is 5.11 Å². The van der Waals surface area contributed by atoms with Crippen LogP contribution in [0.15, 0.2) is 16.3 Å². The van der Waals surface area contributed by atoms with Gasteiger partial charge in [-0.25, -0.2) is 17.9 Å². The normalized spacial score (nSPS) is 13.8. The molecule has 0 amide bonds. The lowest BCUT2D eigenvalue weighted by atomic mass is 10.0. The number of hydrogen-bond donors (Lipinski definition) is 2. The summed E-state index contributed by atoms with van der Waals surface area (Å²) in [5.74, 6) is -0.931. The summed E-state index contributed by atoms with van der Waals surface area (Å²) in [6.45, 7) is 5.78. The molecule has 0 aliphatic carbocycles. The van der Waals surface area contributed by atoms with Crippen molar-refractivity contribution in [3.05, 3.63) is 16.3 Å². The molecule has 0 aromatic carbocycles. The third kappa shape index (κ3) is 3.54. The van der Waals surface area contributed by atoms with E-state index < -0.39 is 16.0 Å². The number of carbonyl (C=O) groups is 1. The Morgan fingerprint density at radius 1 is 1.50 bits per heavy atom. The Kier molecular flexibility index (Phi) is 4.89. The van der Waals surface area contributed by atoms with E-state index in [-0.39, 0.29) is 21.7 Å². The molecule has 1 heterocycles. The van der Waals surface area contributed by atoms with Crippen molar-refractivity contribution in [2.75, 3.05) is 0 Å². The van der Waals surface area contributed by atoms with Crippen molar-refractivity contribution in [3.63, 3.8) is 0 Å². The Bertz CT molecular complexity index is 519. The molecule has 0 spiro atoms. The monoisotopic (exact) mass is 291 g/mol. The summed E-state index contributed by atoms with van der Waals surface area (Å²) < 4.78 is 26.7. The van der Waals surface area contributed by atoms with E-state index in [1.807, 2.05) is 20.8 Å². The second-order valence-corrected chi connectivity index (χ2v) is 6.96. The first-order chi connectivity index (χ1) is 8.27. The molecule has 102 valence electrons. The quantitative estimate of drug-likeness (QED) is 0.841. The number of nitrogens with one attached hydrogen (secondary N) is 1. The lowest BCUT2D eigenvalue weighted by Gasteiger charge is -2.20. The highest BCUT2D eigenvalue weighted by molar-refractivity contribution is 7.89. The molecule has 0 aliphatic rings. The van der Waals surface area contributed by atoms with Crippen LogP contribution >= 0.6 is 11.3 Å². The van der Waals surface area contributed by atoms with E-state index in [2.05, 4.69) is 4.72 Å². The Labute approximate surface area is 111 Å². The lowest BCUT2D eigenvalue weighted by Crippen LogP contribution is -2.37. The highest BCUT2D eigenvalue weighted by atomic mass is 32.2. The Balaban J connectivity index is 2.95. The SMILES string of the molecule is CCC(NS(=O)(=O)c1csc(C(=O)O)c1)C(C)C. The predicted molar refractivity (Wildman–Crippen MR) is 70.5 cm³/mol. The van der Waals surface area contributed by atoms with Crippen LogP contribution in [-0.4, -0.2) is 25.5 Å². The highest BCUT2D eigenvalue weighted by Crippen LogP contribution is 2.20. The number of carboxylic acids is 1. The van der Waals surface area contributed by atoms with Crippen molar-refractivity contribution in [2.45, 2.75) is 38.1 Å². The molecule has 1 aromatic heterocycles. The molecular weight excluding hydrogens is 274 g/mol. The minimum atomic E-state index is -3.63. The summed E-state index contributed by atoms with van der Waals surface area (Å²) >= 11 is 0.909. The second kappa shape index (κ2) is 5.81. The van der Waals surface area contributed by atoms with Crippen molar-refractivity contribution in [3.8, 4) is 0 Å². The molecule has 18 heavy (non-hydrogen) atoms. The zero-order valence-electron chi connectivity index (χ0n) is 10.5. The molecule has 0 radical (unpaired) electrons. The zero-order chi connectivity index (χ0) is 13.9. The van der Waals surface area contributed by atoms with Crippen molar-refractivity contribution in [1.29, 1.82) is 0 Å². The molecule has 1 atom stereocenters. The van der Waals surface area contributed by atoms with Gasteiger partial charge < -0.3 is 5.11 Å². The van der Waals surface area contributed by atoms with Gasteiger partial charge in [-0.05, 0) is 18.4 Å². The van der Waals surface area contributed by atoms with Gasteiger partial charge in [-0.2, -0.15) is 0 Å². The number of thiophene rings is 1. The van der Waals surface area contributed by atoms with Crippen LogP contribution in [0, 0.1) is 5.92 Å². The number of rotatable bonds is 6. The van der Waals surface area contributed by atoms with E-state index in [1.165, 1.54) is 11.4 Å². The van der Waals surface area contributed by atoms with Crippen LogP contribution in [0.2, 0.25) is 0 Å². The van der Waals surface area contributed by atoms with Crippen LogP contribution in [0.3, 0.4) is 0 Å². The average Bonchev–Trinajstić information content (AvgIpc) is 2.75.